The van der Waals surface area contributed by atoms with Crippen LogP contribution in [0.15, 0.2) is 36.9 Å². The second-order valence-corrected chi connectivity index (χ2v) is 6.01. The molecule has 124 valence electrons. The van der Waals surface area contributed by atoms with Gasteiger partial charge >= 0.3 is 0 Å². The van der Waals surface area contributed by atoms with Crippen LogP contribution in [0.3, 0.4) is 0 Å². The predicted octanol–water partition coefficient (Wildman–Crippen LogP) is 2.30. The maximum Gasteiger partial charge on any atom is 0.165 e. The molecule has 24 heavy (non-hydrogen) atoms. The second-order valence-electron chi connectivity index (χ2n) is 6.01. The van der Waals surface area contributed by atoms with E-state index in [2.05, 4.69) is 15.0 Å². The van der Waals surface area contributed by atoms with Gasteiger partial charge in [-0.05, 0) is 31.0 Å². The quantitative estimate of drug-likeness (QED) is 0.799. The molecule has 1 aromatic carbocycles. The zero-order chi connectivity index (χ0) is 16.7. The maximum atomic E-state index is 13.6. The Kier molecular flexibility index (Phi) is 3.65. The summed E-state index contributed by atoms with van der Waals surface area (Å²) < 4.78 is 15.6. The fraction of sp³-hybridized carbons (Fsp3) is 0.353. The molecule has 1 aliphatic rings. The number of anilines is 1. The van der Waals surface area contributed by atoms with Crippen LogP contribution in [0, 0.1) is 5.82 Å². The number of nitrogens with zero attached hydrogens (tertiary/aromatic N) is 5. The third kappa shape index (κ3) is 2.41. The van der Waals surface area contributed by atoms with E-state index in [1.807, 2.05) is 22.5 Å². The third-order valence-electron chi connectivity index (χ3n) is 4.51. The first-order chi connectivity index (χ1) is 11.7. The highest BCUT2D eigenvalue weighted by Gasteiger charge is 2.34. The molecule has 1 saturated heterocycles. The van der Waals surface area contributed by atoms with E-state index in [1.54, 1.807) is 12.4 Å². The summed E-state index contributed by atoms with van der Waals surface area (Å²) in [5.74, 6) is 0.398. The summed E-state index contributed by atoms with van der Waals surface area (Å²) >= 11 is 0. The number of aliphatic hydroxyl groups is 1. The average molecular weight is 327 g/mol. The molecule has 0 aliphatic carbocycles. The molecule has 3 heterocycles. The molecule has 2 aromatic heterocycles. The van der Waals surface area contributed by atoms with E-state index in [1.165, 1.54) is 18.5 Å². The van der Waals surface area contributed by atoms with Crippen molar-refractivity contribution in [3.63, 3.8) is 0 Å². The number of β-amino-alcohol motifs (C(OH)–C–C–N with tert-alkyl or cyclic N) is 1. The first-order valence-electron chi connectivity index (χ1n) is 8.03. The standard InChI is InChI=1S/C17H18FN5O/c1-2-22-10-21-15-16(22)19-9-20-17(15)23-8-13(24)7-14(23)11-4-3-5-12(18)6-11/h3-6,9-10,13-14,24H,2,7-8H2,1H3. The Morgan fingerprint density at radius 3 is 2.96 bits per heavy atom. The summed E-state index contributed by atoms with van der Waals surface area (Å²) in [7, 11) is 0. The number of aryl methyl sites for hydroxylation is 1. The molecule has 2 atom stereocenters. The van der Waals surface area contributed by atoms with Gasteiger partial charge in [0.1, 0.15) is 12.1 Å². The first kappa shape index (κ1) is 15.0. The fourth-order valence-corrected chi connectivity index (χ4v) is 3.39. The zero-order valence-corrected chi connectivity index (χ0v) is 13.3. The van der Waals surface area contributed by atoms with Crippen molar-refractivity contribution in [3.05, 3.63) is 48.3 Å². The van der Waals surface area contributed by atoms with Gasteiger partial charge in [0.15, 0.2) is 17.0 Å². The van der Waals surface area contributed by atoms with Crippen molar-refractivity contribution < 1.29 is 9.50 Å². The maximum absolute atomic E-state index is 13.6. The minimum absolute atomic E-state index is 0.138. The Morgan fingerprint density at radius 1 is 1.29 bits per heavy atom. The largest absolute Gasteiger partial charge is 0.391 e. The van der Waals surface area contributed by atoms with Gasteiger partial charge in [0.25, 0.3) is 0 Å². The number of halogens is 1. The highest BCUT2D eigenvalue weighted by Crippen LogP contribution is 2.37. The van der Waals surface area contributed by atoms with Crippen molar-refractivity contribution in [2.75, 3.05) is 11.4 Å². The number of rotatable bonds is 3. The van der Waals surface area contributed by atoms with Crippen LogP contribution in [0.2, 0.25) is 0 Å². The zero-order valence-electron chi connectivity index (χ0n) is 13.3. The molecule has 0 radical (unpaired) electrons. The van der Waals surface area contributed by atoms with Crippen LogP contribution in [0.1, 0.15) is 24.9 Å². The van der Waals surface area contributed by atoms with Gasteiger partial charge in [-0.25, -0.2) is 19.3 Å². The van der Waals surface area contributed by atoms with Crippen LogP contribution in [-0.2, 0) is 6.54 Å². The molecule has 0 saturated carbocycles. The highest BCUT2D eigenvalue weighted by atomic mass is 19.1. The third-order valence-corrected chi connectivity index (χ3v) is 4.51. The van der Waals surface area contributed by atoms with Gasteiger partial charge in [-0.15, -0.1) is 0 Å². The van der Waals surface area contributed by atoms with E-state index in [4.69, 9.17) is 0 Å². The molecule has 1 N–H and O–H groups in total. The van der Waals surface area contributed by atoms with Crippen molar-refractivity contribution in [2.24, 2.45) is 0 Å². The summed E-state index contributed by atoms with van der Waals surface area (Å²) in [4.78, 5) is 15.2. The van der Waals surface area contributed by atoms with E-state index in [0.29, 0.717) is 24.3 Å². The van der Waals surface area contributed by atoms with Crippen LogP contribution in [0.25, 0.3) is 11.2 Å². The van der Waals surface area contributed by atoms with Crippen LogP contribution >= 0.6 is 0 Å². The van der Waals surface area contributed by atoms with Crippen LogP contribution in [0.5, 0.6) is 0 Å². The number of imidazole rings is 1. The van der Waals surface area contributed by atoms with Crippen LogP contribution in [-0.4, -0.2) is 37.3 Å². The van der Waals surface area contributed by atoms with Gasteiger partial charge < -0.3 is 14.6 Å². The number of hydrogen-bond donors (Lipinski definition) is 1. The first-order valence-corrected chi connectivity index (χ1v) is 8.03. The van der Waals surface area contributed by atoms with Gasteiger partial charge in [0, 0.05) is 13.1 Å². The smallest absolute Gasteiger partial charge is 0.165 e. The molecular formula is C17H18FN5O. The lowest BCUT2D eigenvalue weighted by Crippen LogP contribution is -2.25. The number of aliphatic hydroxyl groups excluding tert-OH is 1. The molecule has 2 unspecified atom stereocenters. The summed E-state index contributed by atoms with van der Waals surface area (Å²) in [6.07, 6.45) is 3.30. The van der Waals surface area contributed by atoms with Crippen molar-refractivity contribution in [1.82, 2.24) is 19.5 Å². The van der Waals surface area contributed by atoms with Crippen molar-refractivity contribution in [1.29, 1.82) is 0 Å². The van der Waals surface area contributed by atoms with Gasteiger partial charge in [-0.1, -0.05) is 12.1 Å². The molecule has 3 aromatic rings. The predicted molar refractivity (Wildman–Crippen MR) is 88.1 cm³/mol. The fourth-order valence-electron chi connectivity index (χ4n) is 3.39. The summed E-state index contributed by atoms with van der Waals surface area (Å²) in [5.41, 5.74) is 2.30. The van der Waals surface area contributed by atoms with E-state index in [9.17, 15) is 9.50 Å². The summed E-state index contributed by atoms with van der Waals surface area (Å²) in [6.45, 7) is 3.23. The summed E-state index contributed by atoms with van der Waals surface area (Å²) in [5, 5.41) is 10.2. The Morgan fingerprint density at radius 2 is 2.17 bits per heavy atom. The Bertz CT molecular complexity index is 880. The summed E-state index contributed by atoms with van der Waals surface area (Å²) in [6, 6.07) is 6.36. The van der Waals surface area contributed by atoms with Gasteiger partial charge in [-0.3, -0.25) is 0 Å². The highest BCUT2D eigenvalue weighted by molar-refractivity contribution is 5.83. The van der Waals surface area contributed by atoms with Gasteiger partial charge in [0.05, 0.1) is 18.5 Å². The molecule has 0 spiro atoms. The number of aromatic nitrogens is 4. The van der Waals surface area contributed by atoms with E-state index in [-0.39, 0.29) is 11.9 Å². The Hall–Kier alpha value is -2.54. The molecule has 0 bridgehead atoms. The van der Waals surface area contributed by atoms with Crippen molar-refractivity contribution in [2.45, 2.75) is 32.0 Å². The molecule has 7 heteroatoms. The number of benzene rings is 1. The van der Waals surface area contributed by atoms with Crippen LogP contribution in [0.4, 0.5) is 10.2 Å². The Labute approximate surface area is 138 Å². The topological polar surface area (TPSA) is 67.1 Å². The monoisotopic (exact) mass is 327 g/mol. The van der Waals surface area contributed by atoms with Gasteiger partial charge in [0.2, 0.25) is 0 Å². The minimum Gasteiger partial charge on any atom is -0.391 e. The lowest BCUT2D eigenvalue weighted by Gasteiger charge is -2.25. The lowest BCUT2D eigenvalue weighted by atomic mass is 10.0. The van der Waals surface area contributed by atoms with E-state index >= 15 is 0 Å². The SMILES string of the molecule is CCn1cnc2c(N3CC(O)CC3c3cccc(F)c3)ncnc21. The number of hydrogen-bond acceptors (Lipinski definition) is 5. The second kappa shape index (κ2) is 5.83. The van der Waals surface area contributed by atoms with Crippen LogP contribution < -0.4 is 4.90 Å². The lowest BCUT2D eigenvalue weighted by molar-refractivity contribution is 0.194. The minimum atomic E-state index is -0.489. The van der Waals surface area contributed by atoms with Crippen molar-refractivity contribution >= 4 is 17.0 Å². The molecule has 0 amide bonds. The number of fused-ring (bicyclic) bond motifs is 1. The molecule has 1 aliphatic heterocycles. The normalized spacial score (nSPS) is 20.9. The molecule has 1 fully saturated rings. The average Bonchev–Trinajstić information content (AvgIpc) is 3.17. The van der Waals surface area contributed by atoms with E-state index in [0.717, 1.165) is 17.8 Å². The molecule has 6 nitrogen and oxygen atoms in total. The van der Waals surface area contributed by atoms with Gasteiger partial charge in [-0.2, -0.15) is 0 Å². The Balaban J connectivity index is 1.81. The molecular weight excluding hydrogens is 309 g/mol. The van der Waals surface area contributed by atoms with E-state index < -0.39 is 6.10 Å². The van der Waals surface area contributed by atoms with Crippen molar-refractivity contribution in [3.8, 4) is 0 Å². The molecule has 4 rings (SSSR count).